The van der Waals surface area contributed by atoms with Crippen molar-refractivity contribution in [1.82, 2.24) is 14.8 Å². The number of nitrogens with zero attached hydrogens (tertiary/aromatic N) is 3. The minimum absolute atomic E-state index is 0.0805. The van der Waals surface area contributed by atoms with E-state index in [1.54, 1.807) is 12.4 Å². The van der Waals surface area contributed by atoms with Crippen molar-refractivity contribution in [3.05, 3.63) is 30.1 Å². The predicted octanol–water partition coefficient (Wildman–Crippen LogP) is 0.462. The van der Waals surface area contributed by atoms with Crippen molar-refractivity contribution < 1.29 is 4.79 Å². The van der Waals surface area contributed by atoms with Crippen LogP contribution < -0.4 is 5.73 Å². The van der Waals surface area contributed by atoms with Crippen molar-refractivity contribution in [3.8, 4) is 0 Å². The number of amides is 1. The second-order valence-corrected chi connectivity index (χ2v) is 5.20. The molecule has 2 rings (SSSR count). The lowest BCUT2D eigenvalue weighted by molar-refractivity contribution is -0.145. The molecule has 2 N–H and O–H groups in total. The van der Waals surface area contributed by atoms with E-state index in [0.717, 1.165) is 18.5 Å². The summed E-state index contributed by atoms with van der Waals surface area (Å²) >= 11 is 0. The summed E-state index contributed by atoms with van der Waals surface area (Å²) in [6, 6.07) is 4.05. The van der Waals surface area contributed by atoms with Crippen LogP contribution in [0.1, 0.15) is 18.9 Å². The van der Waals surface area contributed by atoms with Crippen molar-refractivity contribution in [2.75, 3.05) is 20.1 Å². The van der Waals surface area contributed by atoms with Gasteiger partial charge in [-0.3, -0.25) is 14.7 Å². The van der Waals surface area contributed by atoms with Crippen LogP contribution >= 0.6 is 0 Å². The molecule has 2 heterocycles. The first-order chi connectivity index (χ1) is 9.13. The van der Waals surface area contributed by atoms with Gasteiger partial charge >= 0.3 is 0 Å². The summed E-state index contributed by atoms with van der Waals surface area (Å²) in [5.41, 5.74) is 6.73. The monoisotopic (exact) mass is 262 g/mol. The van der Waals surface area contributed by atoms with Crippen molar-refractivity contribution in [2.24, 2.45) is 5.73 Å². The van der Waals surface area contributed by atoms with Crippen molar-refractivity contribution in [3.63, 3.8) is 0 Å². The number of hydrogen-bond acceptors (Lipinski definition) is 4. The third kappa shape index (κ3) is 3.11. The highest BCUT2D eigenvalue weighted by Gasteiger charge is 2.35. The Morgan fingerprint density at radius 3 is 2.74 bits per heavy atom. The summed E-state index contributed by atoms with van der Waals surface area (Å²) in [7, 11) is 2.00. The summed E-state index contributed by atoms with van der Waals surface area (Å²) < 4.78 is 0. The first kappa shape index (κ1) is 14.0. The van der Waals surface area contributed by atoms with E-state index in [0.29, 0.717) is 13.1 Å². The summed E-state index contributed by atoms with van der Waals surface area (Å²) in [6.45, 7) is 4.17. The molecule has 104 valence electrons. The molecule has 0 aromatic carbocycles. The van der Waals surface area contributed by atoms with Gasteiger partial charge in [0.05, 0.1) is 6.04 Å². The summed E-state index contributed by atoms with van der Waals surface area (Å²) in [5, 5.41) is 0. The zero-order valence-electron chi connectivity index (χ0n) is 11.6. The quantitative estimate of drug-likeness (QED) is 0.856. The van der Waals surface area contributed by atoms with E-state index in [1.807, 2.05) is 24.1 Å². The molecule has 1 saturated heterocycles. The van der Waals surface area contributed by atoms with Gasteiger partial charge in [-0.15, -0.1) is 0 Å². The molecule has 1 aromatic heterocycles. The first-order valence-electron chi connectivity index (χ1n) is 6.73. The summed E-state index contributed by atoms with van der Waals surface area (Å²) in [6.07, 6.45) is 4.24. The average Bonchev–Trinajstić information content (AvgIpc) is 2.41. The van der Waals surface area contributed by atoms with Gasteiger partial charge in [0.25, 0.3) is 0 Å². The lowest BCUT2D eigenvalue weighted by atomic mass is 10.0. The van der Waals surface area contributed by atoms with Gasteiger partial charge in [0, 0.05) is 31.5 Å². The molecule has 0 bridgehead atoms. The van der Waals surface area contributed by atoms with Gasteiger partial charge in [-0.05, 0) is 44.6 Å². The Bertz CT molecular complexity index is 423. The number of hydrogen-bond donors (Lipinski definition) is 1. The van der Waals surface area contributed by atoms with Crippen LogP contribution in [-0.2, 0) is 11.3 Å². The van der Waals surface area contributed by atoms with Crippen LogP contribution in [0.25, 0.3) is 0 Å². The van der Waals surface area contributed by atoms with E-state index in [4.69, 9.17) is 5.73 Å². The van der Waals surface area contributed by atoms with Crippen LogP contribution in [0, 0.1) is 0 Å². The predicted molar refractivity (Wildman–Crippen MR) is 74.3 cm³/mol. The van der Waals surface area contributed by atoms with E-state index in [2.05, 4.69) is 16.8 Å². The molecule has 1 aliphatic heterocycles. The highest BCUT2D eigenvalue weighted by atomic mass is 16.2. The van der Waals surface area contributed by atoms with Gasteiger partial charge in [-0.25, -0.2) is 0 Å². The highest BCUT2D eigenvalue weighted by Crippen LogP contribution is 2.19. The molecule has 1 aromatic rings. The van der Waals surface area contributed by atoms with Gasteiger partial charge in [0.15, 0.2) is 0 Å². The third-order valence-electron chi connectivity index (χ3n) is 3.73. The lowest BCUT2D eigenvalue weighted by Crippen LogP contribution is -2.59. The fraction of sp³-hybridized carbons (Fsp3) is 0.571. The molecule has 5 nitrogen and oxygen atoms in total. The molecule has 1 aliphatic rings. The summed E-state index contributed by atoms with van der Waals surface area (Å²) in [4.78, 5) is 20.6. The molecular formula is C14H22N4O. The topological polar surface area (TPSA) is 62.5 Å². The Hall–Kier alpha value is -1.46. The van der Waals surface area contributed by atoms with Gasteiger partial charge < -0.3 is 10.6 Å². The van der Waals surface area contributed by atoms with E-state index in [-0.39, 0.29) is 18.0 Å². The Morgan fingerprint density at radius 1 is 1.42 bits per heavy atom. The van der Waals surface area contributed by atoms with E-state index >= 15 is 0 Å². The minimum Gasteiger partial charge on any atom is -0.333 e. The molecule has 5 heteroatoms. The number of carbonyl (C=O) groups is 1. The maximum absolute atomic E-state index is 12.6. The van der Waals surface area contributed by atoms with Crippen LogP contribution in [0.2, 0.25) is 0 Å². The second-order valence-electron chi connectivity index (χ2n) is 5.20. The Morgan fingerprint density at radius 2 is 2.11 bits per heavy atom. The van der Waals surface area contributed by atoms with Crippen LogP contribution in [0.3, 0.4) is 0 Å². The maximum Gasteiger partial charge on any atom is 0.240 e. The molecule has 1 amide bonds. The normalized spacial score (nSPS) is 24.8. The highest BCUT2D eigenvalue weighted by molar-refractivity contribution is 5.83. The largest absolute Gasteiger partial charge is 0.333 e. The zero-order chi connectivity index (χ0) is 13.8. The number of rotatable bonds is 4. The van der Waals surface area contributed by atoms with Crippen LogP contribution in [0.15, 0.2) is 24.5 Å². The van der Waals surface area contributed by atoms with Crippen molar-refractivity contribution >= 4 is 5.91 Å². The van der Waals surface area contributed by atoms with Crippen LogP contribution in [-0.4, -0.2) is 52.9 Å². The fourth-order valence-corrected chi connectivity index (χ4v) is 2.66. The van der Waals surface area contributed by atoms with Crippen LogP contribution in [0.5, 0.6) is 0 Å². The van der Waals surface area contributed by atoms with E-state index < -0.39 is 0 Å². The van der Waals surface area contributed by atoms with Gasteiger partial charge in [0.1, 0.15) is 0 Å². The molecule has 0 spiro atoms. The van der Waals surface area contributed by atoms with Gasteiger partial charge in [-0.2, -0.15) is 0 Å². The fourth-order valence-electron chi connectivity index (χ4n) is 2.66. The number of aromatic nitrogens is 1. The van der Waals surface area contributed by atoms with Gasteiger partial charge in [0.2, 0.25) is 5.91 Å². The van der Waals surface area contributed by atoms with Crippen molar-refractivity contribution in [1.29, 1.82) is 0 Å². The number of carbonyl (C=O) groups excluding carboxylic acids is 1. The molecule has 0 aliphatic carbocycles. The number of nitrogens with two attached hydrogens (primary N) is 1. The molecule has 0 radical (unpaired) electrons. The minimum atomic E-state index is -0.0805. The molecule has 2 unspecified atom stereocenters. The SMILES string of the molecule is CC1CN(C)C(CCN)C(=O)N1Cc1ccncc1. The van der Waals surface area contributed by atoms with Gasteiger partial charge in [-0.1, -0.05) is 0 Å². The third-order valence-corrected chi connectivity index (χ3v) is 3.73. The van der Waals surface area contributed by atoms with E-state index in [9.17, 15) is 4.79 Å². The standard InChI is InChI=1S/C14H22N4O/c1-11-9-17(2)13(3-6-15)14(19)18(11)10-12-4-7-16-8-5-12/h4-5,7-8,11,13H,3,6,9-10,15H2,1-2H3. The summed E-state index contributed by atoms with van der Waals surface area (Å²) in [5.74, 6) is 0.184. The molecule has 1 fully saturated rings. The molecular weight excluding hydrogens is 240 g/mol. The maximum atomic E-state index is 12.6. The number of pyridine rings is 1. The number of piperazine rings is 1. The lowest BCUT2D eigenvalue weighted by Gasteiger charge is -2.43. The Kier molecular flexibility index (Phi) is 4.50. The van der Waals surface area contributed by atoms with E-state index in [1.165, 1.54) is 0 Å². The smallest absolute Gasteiger partial charge is 0.240 e. The molecule has 19 heavy (non-hydrogen) atoms. The Balaban J connectivity index is 2.12. The first-order valence-corrected chi connectivity index (χ1v) is 6.73. The second kappa shape index (κ2) is 6.12. The Labute approximate surface area is 114 Å². The van der Waals surface area contributed by atoms with Crippen molar-refractivity contribution in [2.45, 2.75) is 32.0 Å². The van der Waals surface area contributed by atoms with Crippen LogP contribution in [0.4, 0.5) is 0 Å². The zero-order valence-corrected chi connectivity index (χ0v) is 11.6. The molecule has 2 atom stereocenters. The average molecular weight is 262 g/mol. The number of likely N-dealkylation sites (N-methyl/N-ethyl adjacent to an activating group) is 1. The molecule has 0 saturated carbocycles.